The monoisotopic (exact) mass is 699 g/mol. The summed E-state index contributed by atoms with van der Waals surface area (Å²) < 4.78 is 1.97. The van der Waals surface area contributed by atoms with Gasteiger partial charge in [-0.15, -0.1) is 11.6 Å². The fourth-order valence-electron chi connectivity index (χ4n) is 5.63. The highest BCUT2D eigenvalue weighted by Gasteiger charge is 2.34. The number of amides is 3. The van der Waals surface area contributed by atoms with Gasteiger partial charge in [-0.1, -0.05) is 78.2 Å². The molecule has 3 amide bonds. The molecular weight excluding hydrogens is 642 g/mol. The lowest BCUT2D eigenvalue weighted by Crippen LogP contribution is -2.57. The van der Waals surface area contributed by atoms with E-state index < -0.39 is 29.7 Å². The van der Waals surface area contributed by atoms with Gasteiger partial charge in [0.2, 0.25) is 11.8 Å². The first-order valence-corrected chi connectivity index (χ1v) is 18.7. The largest absolute Gasteiger partial charge is 0.362 e. The first-order valence-electron chi connectivity index (χ1n) is 18.1. The van der Waals surface area contributed by atoms with Crippen molar-refractivity contribution in [3.8, 4) is 0 Å². The summed E-state index contributed by atoms with van der Waals surface area (Å²) in [7, 11) is 0. The Labute approximate surface area is 297 Å². The van der Waals surface area contributed by atoms with Crippen LogP contribution >= 0.6 is 11.6 Å². The van der Waals surface area contributed by atoms with E-state index >= 15 is 0 Å². The van der Waals surface area contributed by atoms with Gasteiger partial charge in [0.05, 0.1) is 13.1 Å². The molecule has 2 fully saturated rings. The lowest BCUT2D eigenvalue weighted by atomic mass is 10.00. The average Bonchev–Trinajstić information content (AvgIpc) is 3.50. The van der Waals surface area contributed by atoms with Gasteiger partial charge in [0.1, 0.15) is 11.8 Å². The Hall–Kier alpha value is -3.66. The maximum absolute atomic E-state index is 13.7. The molecule has 49 heavy (non-hydrogen) atoms. The summed E-state index contributed by atoms with van der Waals surface area (Å²) >= 11 is 5.82. The maximum atomic E-state index is 13.7. The summed E-state index contributed by atoms with van der Waals surface area (Å²) in [5.41, 5.74) is 1.81. The van der Waals surface area contributed by atoms with Gasteiger partial charge in [-0.05, 0) is 44.6 Å². The molecule has 2 saturated heterocycles. The van der Waals surface area contributed by atoms with Crippen molar-refractivity contribution < 1.29 is 24.0 Å². The molecule has 2 atom stereocenters. The van der Waals surface area contributed by atoms with Crippen molar-refractivity contribution in [1.82, 2.24) is 25.4 Å². The third-order valence-corrected chi connectivity index (χ3v) is 8.99. The Morgan fingerprint density at radius 3 is 2.29 bits per heavy atom. The topological polar surface area (TPSA) is 130 Å². The smallest absolute Gasteiger partial charge is 0.251 e. The van der Waals surface area contributed by atoms with Crippen LogP contribution in [0.25, 0.3) is 10.9 Å². The van der Waals surface area contributed by atoms with Crippen molar-refractivity contribution in [1.29, 1.82) is 0 Å². The van der Waals surface area contributed by atoms with Crippen LogP contribution in [0.1, 0.15) is 115 Å². The van der Waals surface area contributed by atoms with Gasteiger partial charge >= 0.3 is 0 Å². The van der Waals surface area contributed by atoms with Crippen molar-refractivity contribution in [3.63, 3.8) is 0 Å². The first-order chi connectivity index (χ1) is 23.6. The molecule has 10 nitrogen and oxygen atoms in total. The van der Waals surface area contributed by atoms with E-state index in [2.05, 4.69) is 43.3 Å². The Morgan fingerprint density at radius 1 is 0.898 bits per heavy atom. The summed E-state index contributed by atoms with van der Waals surface area (Å²) in [6, 6.07) is 5.59. The molecule has 0 spiro atoms. The maximum Gasteiger partial charge on any atom is 0.251 e. The minimum atomic E-state index is -1.44. The summed E-state index contributed by atoms with van der Waals surface area (Å²) in [4.78, 5) is 64.9. The molecular formula is C38H58ClN5O5. The predicted molar refractivity (Wildman–Crippen MR) is 198 cm³/mol. The van der Waals surface area contributed by atoms with E-state index in [1.165, 1.54) is 25.7 Å². The third-order valence-electron chi connectivity index (χ3n) is 8.72. The second-order valence-corrected chi connectivity index (χ2v) is 12.9. The van der Waals surface area contributed by atoms with Crippen LogP contribution in [-0.4, -0.2) is 76.4 Å². The molecule has 0 radical (unpaired) electrons. The highest BCUT2D eigenvalue weighted by molar-refractivity contribution is 6.20. The van der Waals surface area contributed by atoms with E-state index in [1.807, 2.05) is 40.7 Å². The van der Waals surface area contributed by atoms with Crippen LogP contribution in [0.3, 0.4) is 0 Å². The van der Waals surface area contributed by atoms with Gasteiger partial charge < -0.3 is 25.4 Å². The summed E-state index contributed by atoms with van der Waals surface area (Å²) in [5, 5.41) is 8.64. The predicted octanol–water partition coefficient (Wildman–Crippen LogP) is 6.29. The molecule has 2 unspecified atom stereocenters. The number of para-hydroxylation sites is 1. The number of nitrogens with zero attached hydrogens (tertiary/aromatic N) is 2. The number of aromatic nitrogens is 1. The fourth-order valence-corrected chi connectivity index (χ4v) is 5.82. The highest BCUT2D eigenvalue weighted by atomic mass is 35.5. The lowest BCUT2D eigenvalue weighted by molar-refractivity contribution is -0.131. The number of halogens is 1. The van der Waals surface area contributed by atoms with E-state index in [0.29, 0.717) is 54.2 Å². The molecule has 3 heterocycles. The van der Waals surface area contributed by atoms with Crippen molar-refractivity contribution in [3.05, 3.63) is 48.3 Å². The van der Waals surface area contributed by atoms with E-state index in [-0.39, 0.29) is 19.0 Å². The minimum Gasteiger partial charge on any atom is -0.362 e. The standard InChI is InChI=1S/C26H32ClN5O4.C8H16O.C4H10/c1-17-14-28-26(36)23(30-22(33)15-29-25(35)21-10-4-6-13-32(17)21)24(34)19-16-31(12-7-5-11-27)20-9-3-2-8-18(19)20;1-3-5-6-7-8(9)4-2;1-3-4-2/h2-3,8-9,16,21,23H,1,4-7,10-15H2,(H,28,36)(H,29,35)(H,30,33);3-7H2,1-2H3;3-4H2,1-2H3. The molecule has 0 bridgehead atoms. The molecule has 1 aromatic carbocycles. The van der Waals surface area contributed by atoms with Crippen LogP contribution in [0.2, 0.25) is 0 Å². The van der Waals surface area contributed by atoms with Gasteiger partial charge in [0.25, 0.3) is 5.91 Å². The molecule has 1 aromatic heterocycles. The second-order valence-electron chi connectivity index (χ2n) is 12.6. The number of fused-ring (bicyclic) bond motifs is 2. The number of benzene rings is 1. The second kappa shape index (κ2) is 22.9. The van der Waals surface area contributed by atoms with Crippen molar-refractivity contribution >= 4 is 51.8 Å². The van der Waals surface area contributed by atoms with Crippen molar-refractivity contribution in [2.24, 2.45) is 0 Å². The van der Waals surface area contributed by atoms with Gasteiger partial charge in [-0.2, -0.15) is 0 Å². The zero-order valence-corrected chi connectivity index (χ0v) is 30.8. The Balaban J connectivity index is 0.000000544. The van der Waals surface area contributed by atoms with E-state index in [4.69, 9.17) is 11.6 Å². The quantitative estimate of drug-likeness (QED) is 0.103. The van der Waals surface area contributed by atoms with Gasteiger partial charge in [0.15, 0.2) is 11.8 Å². The summed E-state index contributed by atoms with van der Waals surface area (Å²) in [5.74, 6) is -1.04. The number of nitrogens with one attached hydrogen (secondary N) is 3. The first kappa shape index (κ1) is 41.5. The zero-order valence-electron chi connectivity index (χ0n) is 30.1. The third kappa shape index (κ3) is 13.3. The normalized spacial score (nSPS) is 18.3. The molecule has 2 aliphatic rings. The Morgan fingerprint density at radius 2 is 1.61 bits per heavy atom. The number of hydrogen-bond acceptors (Lipinski definition) is 6. The number of ketones is 2. The van der Waals surface area contributed by atoms with E-state index in [9.17, 15) is 24.0 Å². The van der Waals surface area contributed by atoms with Crippen molar-refractivity contribution in [2.75, 3.05) is 25.5 Å². The van der Waals surface area contributed by atoms with Gasteiger partial charge in [0, 0.05) is 60.2 Å². The SMILES string of the molecule is C=C1CNC(=O)C(C(=O)c2cn(CCCCCl)c3ccccc23)NC(=O)CNC(=O)C2CCCCN12.CCCC.CCCCCC(=O)CC. The molecule has 4 rings (SSSR count). The number of rotatable bonds is 12. The average molecular weight is 700 g/mol. The Kier molecular flexibility index (Phi) is 19.4. The number of hydrogen-bond donors (Lipinski definition) is 3. The molecule has 2 aromatic rings. The minimum absolute atomic E-state index is 0.0719. The number of alkyl halides is 1. The number of carbonyl (C=O) groups is 5. The van der Waals surface area contributed by atoms with Crippen molar-refractivity contribution in [2.45, 2.75) is 123 Å². The van der Waals surface area contributed by atoms with Crippen LogP contribution in [-0.2, 0) is 25.7 Å². The number of unbranched alkanes of at least 4 members (excludes halogenated alkanes) is 4. The van der Waals surface area contributed by atoms with Crippen LogP contribution in [0, 0.1) is 0 Å². The number of Topliss-reactive ketones (excluding diaryl/α,β-unsaturated/α-hetero) is 2. The van der Waals surface area contributed by atoms with Crippen LogP contribution in [0.4, 0.5) is 0 Å². The molecule has 0 aliphatic carbocycles. The van der Waals surface area contributed by atoms with Gasteiger partial charge in [-0.3, -0.25) is 24.0 Å². The summed E-state index contributed by atoms with van der Waals surface area (Å²) in [6.45, 7) is 13.6. The molecule has 3 N–H and O–H groups in total. The molecule has 0 saturated carbocycles. The zero-order chi connectivity index (χ0) is 36.2. The Bertz CT molecular complexity index is 1390. The molecule has 2 aliphatic heterocycles. The van der Waals surface area contributed by atoms with E-state index in [1.54, 1.807) is 6.20 Å². The van der Waals surface area contributed by atoms with Crippen LogP contribution in [0.15, 0.2) is 42.7 Å². The van der Waals surface area contributed by atoms with Crippen LogP contribution < -0.4 is 16.0 Å². The number of carbonyl (C=O) groups excluding carboxylic acids is 5. The lowest BCUT2D eigenvalue weighted by Gasteiger charge is -2.38. The summed E-state index contributed by atoms with van der Waals surface area (Å²) in [6.07, 6.45) is 13.5. The van der Waals surface area contributed by atoms with Crippen LogP contribution in [0.5, 0.6) is 0 Å². The molecule has 11 heteroatoms. The van der Waals surface area contributed by atoms with E-state index in [0.717, 1.165) is 44.0 Å². The fraction of sp³-hybridized carbons (Fsp3) is 0.605. The number of piperidine rings is 1. The molecule has 272 valence electrons. The highest BCUT2D eigenvalue weighted by Crippen LogP contribution is 2.24. The van der Waals surface area contributed by atoms with Gasteiger partial charge in [-0.25, -0.2) is 0 Å². The number of aryl methyl sites for hydroxylation is 1.